The topological polar surface area (TPSA) is 70.9 Å². The molecule has 0 aliphatic rings. The average molecular weight is 369 g/mol. The summed E-state index contributed by atoms with van der Waals surface area (Å²) in [6.07, 6.45) is 5.82. The molecule has 5 heteroatoms. The lowest BCUT2D eigenvalue weighted by atomic mass is 10.0. The zero-order valence-electron chi connectivity index (χ0n) is 15.6. The molecule has 2 aromatic heterocycles. The van der Waals surface area contributed by atoms with Crippen LogP contribution in [0.5, 0.6) is 0 Å². The van der Waals surface area contributed by atoms with Crippen LogP contribution in [0.25, 0.3) is 27.7 Å². The van der Waals surface area contributed by atoms with Crippen molar-refractivity contribution in [1.29, 1.82) is 5.26 Å². The maximum absolute atomic E-state index is 11.1. The highest BCUT2D eigenvalue weighted by Gasteiger charge is 2.17. The van der Waals surface area contributed by atoms with Gasteiger partial charge in [0.1, 0.15) is 6.07 Å². The minimum Gasteiger partial charge on any atom is -0.478 e. The standard InChI is InChI=1S/C23H19N3O2/c1-15(2)26-14-21(19-5-3-4-6-22(19)26)20-13-25(12-17(20)11-24)18-9-7-16(8-10-18)23(27)28/h3-10,12-15H,1-2H3,(H,27,28). The van der Waals surface area contributed by atoms with Gasteiger partial charge in [0.05, 0.1) is 11.1 Å². The van der Waals surface area contributed by atoms with Crippen LogP contribution in [0.15, 0.2) is 67.1 Å². The first kappa shape index (κ1) is 17.6. The van der Waals surface area contributed by atoms with E-state index in [9.17, 15) is 10.1 Å². The van der Waals surface area contributed by atoms with Crippen LogP contribution >= 0.6 is 0 Å². The molecule has 0 radical (unpaired) electrons. The molecule has 0 aliphatic heterocycles. The Morgan fingerprint density at radius 3 is 2.36 bits per heavy atom. The Hall–Kier alpha value is -3.78. The average Bonchev–Trinajstić information content (AvgIpc) is 3.29. The van der Waals surface area contributed by atoms with Gasteiger partial charge in [-0.15, -0.1) is 0 Å². The SMILES string of the molecule is CC(C)n1cc(-c2cn(-c3ccc(C(=O)O)cc3)cc2C#N)c2ccccc21. The normalized spacial score (nSPS) is 11.1. The Kier molecular flexibility index (Phi) is 4.25. The first-order chi connectivity index (χ1) is 13.5. The fraction of sp³-hybridized carbons (Fsp3) is 0.130. The van der Waals surface area contributed by atoms with E-state index in [0.29, 0.717) is 11.6 Å². The molecule has 28 heavy (non-hydrogen) atoms. The molecule has 0 spiro atoms. The van der Waals surface area contributed by atoms with E-state index in [1.54, 1.807) is 30.5 Å². The number of rotatable bonds is 4. The van der Waals surface area contributed by atoms with Crippen LogP contribution in [0.2, 0.25) is 0 Å². The third-order valence-electron chi connectivity index (χ3n) is 4.95. The molecule has 0 atom stereocenters. The highest BCUT2D eigenvalue weighted by Crippen LogP contribution is 2.35. The Bertz CT molecular complexity index is 1220. The van der Waals surface area contributed by atoms with E-state index < -0.39 is 5.97 Å². The van der Waals surface area contributed by atoms with Gasteiger partial charge in [-0.3, -0.25) is 0 Å². The predicted molar refractivity (Wildman–Crippen MR) is 109 cm³/mol. The summed E-state index contributed by atoms with van der Waals surface area (Å²) in [5.74, 6) is -0.959. The highest BCUT2D eigenvalue weighted by atomic mass is 16.4. The van der Waals surface area contributed by atoms with Gasteiger partial charge in [0.25, 0.3) is 0 Å². The lowest BCUT2D eigenvalue weighted by molar-refractivity contribution is 0.0697. The molecule has 0 aliphatic carbocycles. The highest BCUT2D eigenvalue weighted by molar-refractivity contribution is 5.97. The van der Waals surface area contributed by atoms with Crippen molar-refractivity contribution >= 4 is 16.9 Å². The number of benzene rings is 2. The number of carboxylic acids is 1. The van der Waals surface area contributed by atoms with Crippen molar-refractivity contribution in [2.45, 2.75) is 19.9 Å². The number of nitriles is 1. The van der Waals surface area contributed by atoms with Crippen molar-refractivity contribution < 1.29 is 9.90 Å². The van der Waals surface area contributed by atoms with E-state index >= 15 is 0 Å². The van der Waals surface area contributed by atoms with E-state index in [2.05, 4.69) is 42.8 Å². The smallest absolute Gasteiger partial charge is 0.335 e. The first-order valence-electron chi connectivity index (χ1n) is 9.05. The second-order valence-electron chi connectivity index (χ2n) is 7.02. The van der Waals surface area contributed by atoms with Crippen molar-refractivity contribution in [1.82, 2.24) is 9.13 Å². The van der Waals surface area contributed by atoms with E-state index in [0.717, 1.165) is 27.7 Å². The van der Waals surface area contributed by atoms with Gasteiger partial charge in [-0.1, -0.05) is 18.2 Å². The van der Waals surface area contributed by atoms with Gasteiger partial charge in [-0.05, 0) is 44.2 Å². The number of aromatic carboxylic acids is 1. The van der Waals surface area contributed by atoms with Crippen molar-refractivity contribution in [2.75, 3.05) is 0 Å². The number of carboxylic acid groups (broad SMARTS) is 1. The van der Waals surface area contributed by atoms with E-state index in [1.165, 1.54) is 0 Å². The zero-order chi connectivity index (χ0) is 19.8. The van der Waals surface area contributed by atoms with Gasteiger partial charge in [0.15, 0.2) is 0 Å². The molecule has 0 saturated carbocycles. The number of hydrogen-bond donors (Lipinski definition) is 1. The lowest BCUT2D eigenvalue weighted by Crippen LogP contribution is -1.97. The summed E-state index contributed by atoms with van der Waals surface area (Å²) in [4.78, 5) is 11.1. The zero-order valence-corrected chi connectivity index (χ0v) is 15.6. The van der Waals surface area contributed by atoms with Gasteiger partial charge < -0.3 is 14.2 Å². The summed E-state index contributed by atoms with van der Waals surface area (Å²) in [6, 6.07) is 17.4. The van der Waals surface area contributed by atoms with Gasteiger partial charge in [-0.2, -0.15) is 5.26 Å². The van der Waals surface area contributed by atoms with Crippen LogP contribution in [-0.4, -0.2) is 20.2 Å². The third-order valence-corrected chi connectivity index (χ3v) is 4.95. The summed E-state index contributed by atoms with van der Waals surface area (Å²) in [6.45, 7) is 4.27. The number of aromatic nitrogens is 2. The minimum atomic E-state index is -0.959. The van der Waals surface area contributed by atoms with Crippen molar-refractivity contribution in [2.24, 2.45) is 0 Å². The fourth-order valence-corrected chi connectivity index (χ4v) is 3.53. The molecule has 138 valence electrons. The fourth-order valence-electron chi connectivity index (χ4n) is 3.53. The van der Waals surface area contributed by atoms with E-state index in [1.807, 2.05) is 22.9 Å². The second-order valence-corrected chi connectivity index (χ2v) is 7.02. The van der Waals surface area contributed by atoms with Crippen LogP contribution in [0.4, 0.5) is 0 Å². The third kappa shape index (κ3) is 2.85. The summed E-state index contributed by atoms with van der Waals surface area (Å²) in [5, 5.41) is 19.9. The number of nitrogens with zero attached hydrogens (tertiary/aromatic N) is 3. The molecule has 2 aromatic carbocycles. The van der Waals surface area contributed by atoms with Crippen molar-refractivity contribution in [3.05, 3.63) is 78.2 Å². The molecular formula is C23H19N3O2. The van der Waals surface area contributed by atoms with Crippen LogP contribution < -0.4 is 0 Å². The molecular weight excluding hydrogens is 350 g/mol. The lowest BCUT2D eigenvalue weighted by Gasteiger charge is -2.08. The molecule has 2 heterocycles. The Labute approximate surface area is 162 Å². The quantitative estimate of drug-likeness (QED) is 0.534. The molecule has 0 bridgehead atoms. The molecule has 0 fully saturated rings. The van der Waals surface area contributed by atoms with Crippen LogP contribution in [0.3, 0.4) is 0 Å². The molecule has 0 unspecified atom stereocenters. The van der Waals surface area contributed by atoms with Gasteiger partial charge >= 0.3 is 5.97 Å². The maximum atomic E-state index is 11.1. The number of fused-ring (bicyclic) bond motifs is 1. The largest absolute Gasteiger partial charge is 0.478 e. The molecule has 1 N–H and O–H groups in total. The number of hydrogen-bond acceptors (Lipinski definition) is 2. The second kappa shape index (κ2) is 6.75. The van der Waals surface area contributed by atoms with Crippen LogP contribution in [0.1, 0.15) is 35.8 Å². The number of para-hydroxylation sites is 1. The Morgan fingerprint density at radius 2 is 1.71 bits per heavy atom. The first-order valence-corrected chi connectivity index (χ1v) is 9.05. The minimum absolute atomic E-state index is 0.233. The molecule has 0 amide bonds. The summed E-state index contributed by atoms with van der Waals surface area (Å²) in [7, 11) is 0. The summed E-state index contributed by atoms with van der Waals surface area (Å²) in [5.41, 5.74) is 4.63. The summed E-state index contributed by atoms with van der Waals surface area (Å²) < 4.78 is 4.08. The molecule has 0 saturated heterocycles. The molecule has 5 nitrogen and oxygen atoms in total. The van der Waals surface area contributed by atoms with Crippen molar-refractivity contribution in [3.63, 3.8) is 0 Å². The van der Waals surface area contributed by atoms with E-state index in [-0.39, 0.29) is 5.56 Å². The summed E-state index contributed by atoms with van der Waals surface area (Å²) >= 11 is 0. The van der Waals surface area contributed by atoms with E-state index in [4.69, 9.17) is 5.11 Å². The van der Waals surface area contributed by atoms with Crippen LogP contribution in [0, 0.1) is 11.3 Å². The molecule has 4 aromatic rings. The van der Waals surface area contributed by atoms with Gasteiger partial charge in [-0.25, -0.2) is 4.79 Å². The number of carbonyl (C=O) groups is 1. The predicted octanol–water partition coefficient (Wildman–Crippen LogP) is 5.25. The maximum Gasteiger partial charge on any atom is 0.335 e. The van der Waals surface area contributed by atoms with Crippen LogP contribution in [-0.2, 0) is 0 Å². The molecule has 4 rings (SSSR count). The van der Waals surface area contributed by atoms with Gasteiger partial charge in [0.2, 0.25) is 0 Å². The Morgan fingerprint density at radius 1 is 1.00 bits per heavy atom. The van der Waals surface area contributed by atoms with Crippen molar-refractivity contribution in [3.8, 4) is 22.9 Å². The monoisotopic (exact) mass is 369 g/mol. The van der Waals surface area contributed by atoms with Gasteiger partial charge in [0, 0.05) is 52.3 Å². The Balaban J connectivity index is 1.87.